The summed E-state index contributed by atoms with van der Waals surface area (Å²) in [5, 5.41) is 14.6. The molecule has 2 aliphatic carbocycles. The molecule has 3 rings (SSSR count). The minimum atomic E-state index is -0.553. The van der Waals surface area contributed by atoms with Crippen LogP contribution in [-0.4, -0.2) is 131 Å². The van der Waals surface area contributed by atoms with Gasteiger partial charge in [-0.1, -0.05) is 48.0 Å². The number of esters is 2. The lowest BCUT2D eigenvalue weighted by atomic mass is 9.62. The number of methoxy groups -OCH3 is 1. The summed E-state index contributed by atoms with van der Waals surface area (Å²) in [4.78, 5) is 89.4. The number of nitrogens with zero attached hydrogens (tertiary/aromatic N) is 1. The number of nitrogens with one attached hydrogen (secondary N) is 6. The smallest absolute Gasteiger partial charge is 0.407 e. The Hall–Kier alpha value is -4.82. The van der Waals surface area contributed by atoms with Gasteiger partial charge in [0.2, 0.25) is 17.8 Å². The van der Waals surface area contributed by atoms with Gasteiger partial charge in [0.15, 0.2) is 0 Å². The van der Waals surface area contributed by atoms with E-state index in [-0.39, 0.29) is 115 Å². The Kier molecular flexibility index (Phi) is 27.7. The molecule has 0 saturated heterocycles. The van der Waals surface area contributed by atoms with Crippen LogP contribution in [0.4, 0.5) is 15.5 Å². The van der Waals surface area contributed by atoms with Crippen molar-refractivity contribution in [3.8, 4) is 0 Å². The quantitative estimate of drug-likeness (QED) is 0.0301. The SMILES string of the molecule is CC(=O)Nc1nc(C)c(CCOC(=O)NCC2(C)CC(NC(C)=O)CC(C)(C)C2)c(=O)[nH]1.CNCC1(C)CC(NC(=O)OCCCCCC(=O)OCCOCCOC(=O)CCCCCOC)CC(C)(C)C1. The van der Waals surface area contributed by atoms with E-state index in [4.69, 9.17) is 28.4 Å². The zero-order valence-electron chi connectivity index (χ0n) is 44.9. The Labute approximate surface area is 422 Å². The summed E-state index contributed by atoms with van der Waals surface area (Å²) in [5.74, 6) is -0.800. The van der Waals surface area contributed by atoms with E-state index < -0.39 is 6.09 Å². The van der Waals surface area contributed by atoms with E-state index in [1.807, 2.05) is 7.05 Å². The maximum atomic E-state index is 12.3. The molecule has 2 aliphatic rings. The third-order valence-corrected chi connectivity index (χ3v) is 12.5. The van der Waals surface area contributed by atoms with Gasteiger partial charge in [-0.15, -0.1) is 0 Å². The van der Waals surface area contributed by atoms with Gasteiger partial charge < -0.3 is 49.7 Å². The van der Waals surface area contributed by atoms with Crippen LogP contribution in [-0.2, 0) is 54.0 Å². The molecule has 0 aliphatic heterocycles. The normalized spacial score (nSPS) is 21.1. The summed E-state index contributed by atoms with van der Waals surface area (Å²) in [6, 6.07) is 0.177. The molecule has 0 bridgehead atoms. The second kappa shape index (κ2) is 31.6. The predicted molar refractivity (Wildman–Crippen MR) is 270 cm³/mol. The third-order valence-electron chi connectivity index (χ3n) is 12.5. The number of H-pyrrole nitrogens is 1. The summed E-state index contributed by atoms with van der Waals surface area (Å²) >= 11 is 0. The molecule has 2 saturated carbocycles. The maximum absolute atomic E-state index is 12.3. The molecule has 0 radical (unpaired) electrons. The second-order valence-corrected chi connectivity index (χ2v) is 21.6. The molecule has 1 heterocycles. The predicted octanol–water partition coefficient (Wildman–Crippen LogP) is 6.41. The summed E-state index contributed by atoms with van der Waals surface area (Å²) in [6.45, 7) is 21.0. The van der Waals surface area contributed by atoms with Crippen molar-refractivity contribution >= 4 is 41.9 Å². The molecular weight excluding hydrogens is 919 g/mol. The van der Waals surface area contributed by atoms with Crippen LogP contribution in [0.5, 0.6) is 0 Å². The van der Waals surface area contributed by atoms with Crippen LogP contribution in [0.2, 0.25) is 0 Å². The van der Waals surface area contributed by atoms with Crippen LogP contribution < -0.4 is 32.1 Å². The van der Waals surface area contributed by atoms with Gasteiger partial charge >= 0.3 is 24.1 Å². The van der Waals surface area contributed by atoms with E-state index in [2.05, 4.69) is 78.1 Å². The monoisotopic (exact) mass is 1010 g/mol. The van der Waals surface area contributed by atoms with Crippen molar-refractivity contribution in [1.82, 2.24) is 31.2 Å². The van der Waals surface area contributed by atoms with E-state index in [9.17, 15) is 33.6 Å². The molecule has 2 fully saturated rings. The fraction of sp³-hybridized carbons (Fsp3) is 0.804. The summed E-state index contributed by atoms with van der Waals surface area (Å²) in [7, 11) is 3.63. The Morgan fingerprint density at radius 3 is 1.69 bits per heavy atom. The zero-order valence-corrected chi connectivity index (χ0v) is 44.9. The molecule has 6 N–H and O–H groups in total. The Morgan fingerprint density at radius 1 is 0.634 bits per heavy atom. The highest BCUT2D eigenvalue weighted by Crippen LogP contribution is 2.47. The number of aromatic amines is 1. The first kappa shape index (κ1) is 62.3. The van der Waals surface area contributed by atoms with Crippen LogP contribution in [0.25, 0.3) is 0 Å². The van der Waals surface area contributed by atoms with Crippen molar-refractivity contribution in [3.05, 3.63) is 21.6 Å². The summed E-state index contributed by atoms with van der Waals surface area (Å²) in [5.41, 5.74) is 0.654. The van der Waals surface area contributed by atoms with E-state index in [0.717, 1.165) is 70.8 Å². The Balaban J connectivity index is 0.000000496. The van der Waals surface area contributed by atoms with Crippen LogP contribution in [0, 0.1) is 28.6 Å². The van der Waals surface area contributed by atoms with Crippen molar-refractivity contribution in [2.24, 2.45) is 21.7 Å². The fourth-order valence-electron chi connectivity index (χ4n) is 10.5. The lowest BCUT2D eigenvalue weighted by Crippen LogP contribution is -2.50. The molecule has 4 amide bonds. The summed E-state index contributed by atoms with van der Waals surface area (Å²) in [6.07, 6.45) is 10.4. The molecule has 1 aromatic heterocycles. The number of hydrogen-bond donors (Lipinski definition) is 6. The number of aromatic nitrogens is 2. The van der Waals surface area contributed by atoms with Crippen molar-refractivity contribution in [1.29, 1.82) is 0 Å². The van der Waals surface area contributed by atoms with Gasteiger partial charge in [-0.25, -0.2) is 14.6 Å². The van der Waals surface area contributed by atoms with E-state index in [1.165, 1.54) is 13.8 Å². The van der Waals surface area contributed by atoms with Crippen LogP contribution in [0.1, 0.15) is 157 Å². The van der Waals surface area contributed by atoms with E-state index in [0.29, 0.717) is 56.7 Å². The molecule has 0 aromatic carbocycles. The van der Waals surface area contributed by atoms with E-state index in [1.54, 1.807) is 14.0 Å². The minimum absolute atomic E-state index is 0.0215. The molecule has 20 heteroatoms. The van der Waals surface area contributed by atoms with Gasteiger partial charge in [0.25, 0.3) is 5.56 Å². The van der Waals surface area contributed by atoms with Gasteiger partial charge in [-0.3, -0.25) is 34.3 Å². The molecule has 20 nitrogen and oxygen atoms in total. The molecule has 0 spiro atoms. The second-order valence-electron chi connectivity index (χ2n) is 21.6. The number of anilines is 1. The van der Waals surface area contributed by atoms with Crippen molar-refractivity contribution in [2.45, 2.75) is 171 Å². The maximum Gasteiger partial charge on any atom is 0.407 e. The van der Waals surface area contributed by atoms with Gasteiger partial charge in [0.05, 0.1) is 32.1 Å². The first-order valence-electron chi connectivity index (χ1n) is 25.4. The average Bonchev–Trinajstić information content (AvgIpc) is 3.23. The van der Waals surface area contributed by atoms with Crippen LogP contribution >= 0.6 is 0 Å². The third kappa shape index (κ3) is 27.5. The highest BCUT2D eigenvalue weighted by Gasteiger charge is 2.43. The van der Waals surface area contributed by atoms with Crippen molar-refractivity contribution < 1.29 is 57.2 Å². The number of aryl methyl sites for hydroxylation is 1. The van der Waals surface area contributed by atoms with Gasteiger partial charge in [-0.2, -0.15) is 0 Å². The Bertz CT molecular complexity index is 1890. The zero-order chi connectivity index (χ0) is 53.1. The van der Waals surface area contributed by atoms with Gasteiger partial charge in [-0.05, 0) is 106 Å². The molecule has 71 heavy (non-hydrogen) atoms. The number of alkyl carbamates (subject to hydrolysis) is 2. The summed E-state index contributed by atoms with van der Waals surface area (Å²) < 4.78 is 31.2. The number of carbonyl (C=O) groups excluding carboxylic acids is 6. The fourth-order valence-corrected chi connectivity index (χ4v) is 10.5. The number of hydrogen-bond acceptors (Lipinski definition) is 15. The standard InChI is InChI=1S/C29H54N2O8.C22H35N5O5/c1-28(2)20-24(21-29(3,22-28)23-30-4)31-27(34)39-15-11-7-9-13-26(33)38-19-17-36-16-18-37-25(32)12-8-6-10-14-35-5;1-13-17(18(30)27-19(24-13)26-15(3)29)7-8-32-20(31)23-12-22(6)10-16(25-14(2)28)9-21(4,5)11-22/h24,30H,6-23H2,1-5H3,(H,31,34);16H,7-12H2,1-6H3,(H,23,31)(H,25,28)(H2,24,26,27,29,30). The minimum Gasteiger partial charge on any atom is -0.463 e. The molecule has 1 aromatic rings. The van der Waals surface area contributed by atoms with Gasteiger partial charge in [0, 0.05) is 77.6 Å². The number of ether oxygens (including phenoxy) is 6. The van der Waals surface area contributed by atoms with Crippen molar-refractivity contribution in [2.75, 3.05) is 78.8 Å². The molecule has 4 unspecified atom stereocenters. The first-order chi connectivity index (χ1) is 33.4. The topological polar surface area (TPSA) is 264 Å². The largest absolute Gasteiger partial charge is 0.463 e. The van der Waals surface area contributed by atoms with Crippen molar-refractivity contribution in [3.63, 3.8) is 0 Å². The van der Waals surface area contributed by atoms with E-state index >= 15 is 0 Å². The van der Waals surface area contributed by atoms with Crippen LogP contribution in [0.15, 0.2) is 4.79 Å². The Morgan fingerprint density at radius 2 is 1.17 bits per heavy atom. The number of carbonyl (C=O) groups is 6. The highest BCUT2D eigenvalue weighted by atomic mass is 16.6. The number of amides is 4. The highest BCUT2D eigenvalue weighted by molar-refractivity contribution is 5.86. The van der Waals surface area contributed by atoms with Gasteiger partial charge in [0.1, 0.15) is 13.2 Å². The molecule has 4 atom stereocenters. The van der Waals surface area contributed by atoms with Crippen LogP contribution in [0.3, 0.4) is 0 Å². The number of rotatable bonds is 28. The average molecular weight is 1010 g/mol. The number of unbranched alkanes of at least 4 members (excludes halogenated alkanes) is 4. The first-order valence-corrected chi connectivity index (χ1v) is 25.4. The molecule has 406 valence electrons. The lowest BCUT2D eigenvalue weighted by molar-refractivity contribution is -0.147. The lowest BCUT2D eigenvalue weighted by Gasteiger charge is -2.46. The molecular formula is C51H89N7O13.